The van der Waals surface area contributed by atoms with Crippen LogP contribution in [-0.2, 0) is 4.79 Å². The molecule has 0 heterocycles. The number of aliphatic hydroxyl groups is 3. The van der Waals surface area contributed by atoms with Gasteiger partial charge in [0.2, 0.25) is 0 Å². The van der Waals surface area contributed by atoms with Crippen LogP contribution in [0.1, 0.15) is 19.3 Å². The third kappa shape index (κ3) is 1.83. The molecule has 3 N–H and O–H groups in total. The van der Waals surface area contributed by atoms with Crippen LogP contribution in [0, 0.1) is 5.41 Å². The topological polar surface area (TPSA) is 77.8 Å². The van der Waals surface area contributed by atoms with Crippen LogP contribution in [0.4, 0.5) is 0 Å². The Morgan fingerprint density at radius 2 is 2.00 bits per heavy atom. The van der Waals surface area contributed by atoms with E-state index in [1.807, 2.05) is 0 Å². The molecule has 0 bridgehead atoms. The van der Waals surface area contributed by atoms with Crippen molar-refractivity contribution in [2.45, 2.75) is 25.4 Å². The largest absolute Gasteiger partial charge is 0.394 e. The number of carbonyl (C=O) groups is 1. The van der Waals surface area contributed by atoms with Gasteiger partial charge < -0.3 is 15.3 Å². The lowest BCUT2D eigenvalue weighted by Gasteiger charge is -2.15. The monoisotopic (exact) mass is 174 g/mol. The second-order valence-corrected chi connectivity index (χ2v) is 3.40. The lowest BCUT2D eigenvalue weighted by molar-refractivity contribution is -0.128. The second-order valence-electron chi connectivity index (χ2n) is 3.40. The van der Waals surface area contributed by atoms with E-state index in [1.165, 1.54) is 0 Å². The fourth-order valence-electron chi connectivity index (χ4n) is 1.43. The Morgan fingerprint density at radius 1 is 1.42 bits per heavy atom. The van der Waals surface area contributed by atoms with Crippen molar-refractivity contribution in [1.29, 1.82) is 0 Å². The third-order valence-electron chi connectivity index (χ3n) is 2.43. The molecule has 0 aromatic carbocycles. The zero-order chi connectivity index (χ0) is 9.19. The maximum absolute atomic E-state index is 11.1. The summed E-state index contributed by atoms with van der Waals surface area (Å²) < 4.78 is 0. The molecule has 1 aliphatic carbocycles. The van der Waals surface area contributed by atoms with Gasteiger partial charge in [0, 0.05) is 5.41 Å². The van der Waals surface area contributed by atoms with Crippen molar-refractivity contribution >= 4 is 5.78 Å². The zero-order valence-electron chi connectivity index (χ0n) is 6.86. The van der Waals surface area contributed by atoms with Gasteiger partial charge in [0.05, 0.1) is 12.7 Å². The number of hydrogen-bond acceptors (Lipinski definition) is 4. The molecule has 0 spiro atoms. The first-order chi connectivity index (χ1) is 5.64. The first-order valence-corrected chi connectivity index (χ1v) is 4.08. The summed E-state index contributed by atoms with van der Waals surface area (Å²) in [7, 11) is 0. The van der Waals surface area contributed by atoms with E-state index in [0.29, 0.717) is 0 Å². The molecule has 1 rings (SSSR count). The molecule has 0 saturated heterocycles. The summed E-state index contributed by atoms with van der Waals surface area (Å²) in [5.74, 6) is -0.213. The van der Waals surface area contributed by atoms with Crippen LogP contribution in [-0.4, -0.2) is 40.4 Å². The van der Waals surface area contributed by atoms with Gasteiger partial charge in [-0.2, -0.15) is 0 Å². The Labute approximate surface area is 70.8 Å². The maximum atomic E-state index is 11.1. The van der Waals surface area contributed by atoms with Crippen LogP contribution >= 0.6 is 0 Å². The molecule has 0 aromatic heterocycles. The molecule has 12 heavy (non-hydrogen) atoms. The van der Waals surface area contributed by atoms with Gasteiger partial charge in [-0.15, -0.1) is 0 Å². The third-order valence-corrected chi connectivity index (χ3v) is 2.43. The summed E-state index contributed by atoms with van der Waals surface area (Å²) in [6.07, 6.45) is 0.901. The van der Waals surface area contributed by atoms with Gasteiger partial charge in [-0.25, -0.2) is 0 Å². The SMILES string of the molecule is O=C(CO)C1(CC(O)CO)CC1. The fraction of sp³-hybridized carbons (Fsp3) is 0.875. The molecule has 70 valence electrons. The van der Waals surface area contributed by atoms with E-state index in [4.69, 9.17) is 15.3 Å². The minimum atomic E-state index is -0.831. The van der Waals surface area contributed by atoms with Crippen LogP contribution in [0.5, 0.6) is 0 Å². The highest BCUT2D eigenvalue weighted by Gasteiger charge is 2.49. The van der Waals surface area contributed by atoms with Gasteiger partial charge >= 0.3 is 0 Å². The van der Waals surface area contributed by atoms with Crippen molar-refractivity contribution in [3.63, 3.8) is 0 Å². The molecule has 4 nitrogen and oxygen atoms in total. The van der Waals surface area contributed by atoms with Crippen molar-refractivity contribution < 1.29 is 20.1 Å². The van der Waals surface area contributed by atoms with Crippen molar-refractivity contribution in [3.05, 3.63) is 0 Å². The Kier molecular flexibility index (Phi) is 2.82. The van der Waals surface area contributed by atoms with Crippen LogP contribution < -0.4 is 0 Å². The van der Waals surface area contributed by atoms with E-state index in [9.17, 15) is 4.79 Å². The first-order valence-electron chi connectivity index (χ1n) is 4.08. The quantitative estimate of drug-likeness (QED) is 0.503. The molecule has 1 atom stereocenters. The number of aliphatic hydroxyl groups excluding tert-OH is 3. The summed E-state index contributed by atoms with van der Waals surface area (Å²) >= 11 is 0. The van der Waals surface area contributed by atoms with Crippen LogP contribution in [0.25, 0.3) is 0 Å². The summed E-state index contributed by atoms with van der Waals surface area (Å²) in [5.41, 5.74) is -0.517. The molecule has 0 aromatic rings. The minimum absolute atomic E-state index is 0.213. The van der Waals surface area contributed by atoms with Gasteiger partial charge in [-0.1, -0.05) is 0 Å². The minimum Gasteiger partial charge on any atom is -0.394 e. The van der Waals surface area contributed by atoms with E-state index < -0.39 is 18.1 Å². The van der Waals surface area contributed by atoms with E-state index in [-0.39, 0.29) is 18.8 Å². The zero-order valence-corrected chi connectivity index (χ0v) is 6.86. The lowest BCUT2D eigenvalue weighted by atomic mass is 9.94. The molecule has 0 amide bonds. The Bertz CT molecular complexity index is 174. The smallest absolute Gasteiger partial charge is 0.164 e. The van der Waals surface area contributed by atoms with Gasteiger partial charge in [0.1, 0.15) is 6.61 Å². The lowest BCUT2D eigenvalue weighted by Crippen LogP contribution is -2.26. The van der Waals surface area contributed by atoms with E-state index in [0.717, 1.165) is 12.8 Å². The van der Waals surface area contributed by atoms with E-state index in [2.05, 4.69) is 0 Å². The number of hydrogen-bond donors (Lipinski definition) is 3. The molecule has 1 fully saturated rings. The van der Waals surface area contributed by atoms with Gasteiger partial charge in [0.25, 0.3) is 0 Å². The Morgan fingerprint density at radius 3 is 2.33 bits per heavy atom. The van der Waals surface area contributed by atoms with Crippen LogP contribution in [0.3, 0.4) is 0 Å². The van der Waals surface area contributed by atoms with E-state index in [1.54, 1.807) is 0 Å². The van der Waals surface area contributed by atoms with E-state index >= 15 is 0 Å². The molecule has 1 aliphatic rings. The summed E-state index contributed by atoms with van der Waals surface area (Å²) in [6.45, 7) is -0.779. The van der Waals surface area contributed by atoms with Crippen molar-refractivity contribution in [3.8, 4) is 0 Å². The highest BCUT2D eigenvalue weighted by Crippen LogP contribution is 2.50. The summed E-state index contributed by atoms with van der Waals surface area (Å²) in [4.78, 5) is 11.1. The van der Waals surface area contributed by atoms with Crippen molar-refractivity contribution in [2.75, 3.05) is 13.2 Å². The fourth-order valence-corrected chi connectivity index (χ4v) is 1.43. The summed E-state index contributed by atoms with van der Waals surface area (Å²) in [6, 6.07) is 0. The maximum Gasteiger partial charge on any atom is 0.164 e. The molecule has 1 saturated carbocycles. The number of rotatable bonds is 5. The van der Waals surface area contributed by atoms with Crippen LogP contribution in [0.2, 0.25) is 0 Å². The standard InChI is InChI=1S/C8H14O4/c9-4-6(11)3-8(1-2-8)7(12)5-10/h6,9-11H,1-5H2. The molecule has 0 radical (unpaired) electrons. The Balaban J connectivity index is 2.44. The summed E-state index contributed by atoms with van der Waals surface area (Å²) in [5, 5.41) is 26.3. The van der Waals surface area contributed by atoms with Gasteiger partial charge in [-0.3, -0.25) is 4.79 Å². The molecule has 4 heteroatoms. The van der Waals surface area contributed by atoms with Crippen LogP contribution in [0.15, 0.2) is 0 Å². The number of carbonyl (C=O) groups excluding carboxylic acids is 1. The van der Waals surface area contributed by atoms with Crippen molar-refractivity contribution in [1.82, 2.24) is 0 Å². The normalized spacial score (nSPS) is 21.9. The second kappa shape index (κ2) is 3.51. The number of Topliss-reactive ketones (excluding diaryl/α,β-unsaturated/α-hetero) is 1. The van der Waals surface area contributed by atoms with Gasteiger partial charge in [-0.05, 0) is 19.3 Å². The molecule has 0 aliphatic heterocycles. The Hall–Kier alpha value is -0.450. The van der Waals surface area contributed by atoms with Crippen molar-refractivity contribution in [2.24, 2.45) is 5.41 Å². The predicted molar refractivity (Wildman–Crippen MR) is 41.5 cm³/mol. The molecule has 1 unspecified atom stereocenters. The predicted octanol–water partition coefficient (Wildman–Crippen LogP) is -0.929. The highest BCUT2D eigenvalue weighted by atomic mass is 16.3. The highest BCUT2D eigenvalue weighted by molar-refractivity contribution is 5.88. The first kappa shape index (κ1) is 9.64. The molecular formula is C8H14O4. The number of ketones is 1. The average molecular weight is 174 g/mol. The molecular weight excluding hydrogens is 160 g/mol. The van der Waals surface area contributed by atoms with Gasteiger partial charge in [0.15, 0.2) is 5.78 Å². The average Bonchev–Trinajstić information content (AvgIpc) is 2.84.